The summed E-state index contributed by atoms with van der Waals surface area (Å²) in [7, 11) is 2.07. The Morgan fingerprint density at radius 1 is 1.07 bits per heavy atom. The minimum absolute atomic E-state index is 0.0837. The summed E-state index contributed by atoms with van der Waals surface area (Å²) in [5, 5.41) is 1.92. The first-order valence-corrected chi connectivity index (χ1v) is 10.5. The molecule has 0 spiro atoms. The summed E-state index contributed by atoms with van der Waals surface area (Å²) in [5.41, 5.74) is 1.28. The van der Waals surface area contributed by atoms with Gasteiger partial charge in [0.2, 0.25) is 5.91 Å². The number of aromatic nitrogens is 1. The average Bonchev–Trinajstić information content (AvgIpc) is 3.43. The third kappa shape index (κ3) is 3.80. The van der Waals surface area contributed by atoms with Crippen LogP contribution in [-0.4, -0.2) is 70.3 Å². The van der Waals surface area contributed by atoms with E-state index < -0.39 is 0 Å². The van der Waals surface area contributed by atoms with Gasteiger partial charge >= 0.3 is 0 Å². The highest BCUT2D eigenvalue weighted by atomic mass is 32.1. The van der Waals surface area contributed by atoms with Crippen molar-refractivity contribution in [2.45, 2.75) is 18.9 Å². The second kappa shape index (κ2) is 7.86. The zero-order valence-electron chi connectivity index (χ0n) is 15.7. The largest absolute Gasteiger partial charge is 0.353 e. The molecule has 4 rings (SSSR count). The van der Waals surface area contributed by atoms with Crippen LogP contribution in [0.15, 0.2) is 35.8 Å². The molecular weight excluding hydrogens is 360 g/mol. The summed E-state index contributed by atoms with van der Waals surface area (Å²) in [4.78, 5) is 32.1. The van der Waals surface area contributed by atoms with Gasteiger partial charge in [0.05, 0.1) is 17.5 Å². The second-order valence-electron chi connectivity index (χ2n) is 7.32. The molecule has 1 unspecified atom stereocenters. The van der Waals surface area contributed by atoms with Gasteiger partial charge in [-0.2, -0.15) is 0 Å². The lowest BCUT2D eigenvalue weighted by atomic mass is 10.1. The summed E-state index contributed by atoms with van der Waals surface area (Å²) >= 11 is 1.47. The highest BCUT2D eigenvalue weighted by Gasteiger charge is 2.31. The SMILES string of the molecule is Cn1cccc1C1CCCN1CC(=O)N1CCN(C(=O)c2cccs2)CC1. The molecule has 6 nitrogen and oxygen atoms in total. The van der Waals surface area contributed by atoms with Crippen LogP contribution in [-0.2, 0) is 11.8 Å². The monoisotopic (exact) mass is 386 g/mol. The normalized spacial score (nSPS) is 21.0. The molecular formula is C20H26N4O2S. The quantitative estimate of drug-likeness (QED) is 0.810. The fourth-order valence-corrected chi connectivity index (χ4v) is 4.85. The van der Waals surface area contributed by atoms with Crippen LogP contribution < -0.4 is 0 Å². The lowest BCUT2D eigenvalue weighted by molar-refractivity contribution is -0.134. The number of rotatable bonds is 4. The summed E-state index contributed by atoms with van der Waals surface area (Å²) in [6.45, 7) is 3.91. The van der Waals surface area contributed by atoms with Crippen molar-refractivity contribution in [3.63, 3.8) is 0 Å². The van der Waals surface area contributed by atoms with Crippen LogP contribution in [0.3, 0.4) is 0 Å². The lowest BCUT2D eigenvalue weighted by Gasteiger charge is -2.36. The van der Waals surface area contributed by atoms with Gasteiger partial charge in [-0.3, -0.25) is 14.5 Å². The Kier molecular flexibility index (Phi) is 5.31. The molecule has 27 heavy (non-hydrogen) atoms. The van der Waals surface area contributed by atoms with Crippen molar-refractivity contribution in [3.8, 4) is 0 Å². The number of hydrogen-bond donors (Lipinski definition) is 0. The van der Waals surface area contributed by atoms with Gasteiger partial charge in [0.15, 0.2) is 0 Å². The highest BCUT2D eigenvalue weighted by molar-refractivity contribution is 7.12. The number of piperazine rings is 1. The van der Waals surface area contributed by atoms with Gasteiger partial charge in [-0.15, -0.1) is 11.3 Å². The maximum Gasteiger partial charge on any atom is 0.264 e. The van der Waals surface area contributed by atoms with E-state index in [1.807, 2.05) is 27.3 Å². The van der Waals surface area contributed by atoms with E-state index >= 15 is 0 Å². The van der Waals surface area contributed by atoms with E-state index in [1.54, 1.807) is 0 Å². The number of likely N-dealkylation sites (tertiary alicyclic amines) is 1. The van der Waals surface area contributed by atoms with Crippen LogP contribution in [0.4, 0.5) is 0 Å². The molecule has 1 atom stereocenters. The molecule has 0 N–H and O–H groups in total. The number of thiophene rings is 1. The van der Waals surface area contributed by atoms with Crippen molar-refractivity contribution in [2.75, 3.05) is 39.3 Å². The summed E-state index contributed by atoms with van der Waals surface area (Å²) in [6, 6.07) is 8.31. The number of aryl methyl sites for hydroxylation is 1. The van der Waals surface area contributed by atoms with Gasteiger partial charge in [0.1, 0.15) is 0 Å². The Balaban J connectivity index is 1.32. The van der Waals surface area contributed by atoms with Crippen molar-refractivity contribution in [3.05, 3.63) is 46.4 Å². The van der Waals surface area contributed by atoms with Crippen molar-refractivity contribution < 1.29 is 9.59 Å². The molecule has 2 aromatic rings. The predicted octanol–water partition coefficient (Wildman–Crippen LogP) is 2.21. The zero-order valence-corrected chi connectivity index (χ0v) is 16.5. The van der Waals surface area contributed by atoms with Gasteiger partial charge in [-0.25, -0.2) is 0 Å². The van der Waals surface area contributed by atoms with Crippen LogP contribution >= 0.6 is 11.3 Å². The first-order valence-electron chi connectivity index (χ1n) is 9.59. The molecule has 0 aromatic carbocycles. The Morgan fingerprint density at radius 3 is 2.52 bits per heavy atom. The smallest absolute Gasteiger partial charge is 0.264 e. The van der Waals surface area contributed by atoms with Crippen LogP contribution in [0.2, 0.25) is 0 Å². The maximum absolute atomic E-state index is 12.8. The van der Waals surface area contributed by atoms with E-state index in [0.717, 1.165) is 24.3 Å². The van der Waals surface area contributed by atoms with E-state index in [9.17, 15) is 9.59 Å². The fourth-order valence-electron chi connectivity index (χ4n) is 4.16. The van der Waals surface area contributed by atoms with Gasteiger partial charge in [0, 0.05) is 45.1 Å². The lowest BCUT2D eigenvalue weighted by Crippen LogP contribution is -2.52. The van der Waals surface area contributed by atoms with E-state index in [1.165, 1.54) is 17.0 Å². The minimum atomic E-state index is 0.0837. The molecule has 0 aliphatic carbocycles. The molecule has 2 amide bonds. The third-order valence-corrected chi connectivity index (χ3v) is 6.54. The minimum Gasteiger partial charge on any atom is -0.353 e. The molecule has 4 heterocycles. The second-order valence-corrected chi connectivity index (χ2v) is 8.27. The summed E-state index contributed by atoms with van der Waals surface area (Å²) in [5.74, 6) is 0.264. The van der Waals surface area contributed by atoms with Crippen LogP contribution in [0.5, 0.6) is 0 Å². The zero-order chi connectivity index (χ0) is 18.8. The van der Waals surface area contributed by atoms with E-state index in [-0.39, 0.29) is 11.8 Å². The van der Waals surface area contributed by atoms with E-state index in [0.29, 0.717) is 38.8 Å². The number of carbonyl (C=O) groups excluding carboxylic acids is 2. The molecule has 2 saturated heterocycles. The van der Waals surface area contributed by atoms with Gasteiger partial charge < -0.3 is 14.4 Å². The summed E-state index contributed by atoms with van der Waals surface area (Å²) < 4.78 is 2.16. The highest BCUT2D eigenvalue weighted by Crippen LogP contribution is 2.31. The first kappa shape index (κ1) is 18.3. The van der Waals surface area contributed by atoms with Crippen molar-refractivity contribution >= 4 is 23.2 Å². The molecule has 2 aromatic heterocycles. The topological polar surface area (TPSA) is 48.8 Å². The first-order chi connectivity index (χ1) is 13.1. The molecule has 2 fully saturated rings. The fraction of sp³-hybridized carbons (Fsp3) is 0.500. The van der Waals surface area contributed by atoms with Crippen molar-refractivity contribution in [1.82, 2.24) is 19.3 Å². The van der Waals surface area contributed by atoms with Gasteiger partial charge in [-0.1, -0.05) is 6.07 Å². The molecule has 144 valence electrons. The van der Waals surface area contributed by atoms with E-state index in [4.69, 9.17) is 0 Å². The van der Waals surface area contributed by atoms with Crippen LogP contribution in [0.1, 0.15) is 34.2 Å². The Labute approximate surface area is 164 Å². The number of carbonyl (C=O) groups is 2. The number of hydrogen-bond acceptors (Lipinski definition) is 4. The molecule has 2 aliphatic rings. The maximum atomic E-state index is 12.8. The number of nitrogens with zero attached hydrogens (tertiary/aromatic N) is 4. The standard InChI is InChI=1S/C20H26N4O2S/c1-21-8-2-5-16(21)17-6-3-9-24(17)15-19(25)22-10-12-23(13-11-22)20(26)18-7-4-14-27-18/h2,4-5,7-8,14,17H,3,6,9-13,15H2,1H3. The molecule has 0 bridgehead atoms. The average molecular weight is 387 g/mol. The number of amides is 2. The third-order valence-electron chi connectivity index (χ3n) is 5.68. The van der Waals surface area contributed by atoms with Crippen LogP contribution in [0, 0.1) is 0 Å². The molecule has 2 aliphatic heterocycles. The summed E-state index contributed by atoms with van der Waals surface area (Å²) in [6.07, 6.45) is 4.30. The van der Waals surface area contributed by atoms with Gasteiger partial charge in [0.25, 0.3) is 5.91 Å². The van der Waals surface area contributed by atoms with Crippen molar-refractivity contribution in [1.29, 1.82) is 0 Å². The van der Waals surface area contributed by atoms with Crippen LogP contribution in [0.25, 0.3) is 0 Å². The molecule has 7 heteroatoms. The van der Waals surface area contributed by atoms with E-state index in [2.05, 4.69) is 34.8 Å². The Bertz CT molecular complexity index is 793. The van der Waals surface area contributed by atoms with Gasteiger partial charge in [-0.05, 0) is 43.0 Å². The van der Waals surface area contributed by atoms with Crippen molar-refractivity contribution in [2.24, 2.45) is 7.05 Å². The predicted molar refractivity (Wildman–Crippen MR) is 106 cm³/mol. The Morgan fingerprint density at radius 2 is 1.85 bits per heavy atom. The molecule has 0 radical (unpaired) electrons. The molecule has 0 saturated carbocycles. The Hall–Kier alpha value is -2.12.